The first-order valence-electron chi connectivity index (χ1n) is 5.83. The Morgan fingerprint density at radius 2 is 2.06 bits per heavy atom. The Kier molecular flexibility index (Phi) is 5.65. The lowest BCUT2D eigenvalue weighted by atomic mass is 10.1. The SMILES string of the molecule is C/C(CC(C)C)=N\NC(=O)Nc1ccccc1Cl. The lowest BCUT2D eigenvalue weighted by molar-refractivity contribution is 0.252. The average Bonchev–Trinajstić information content (AvgIpc) is 2.29. The van der Waals surface area contributed by atoms with E-state index in [1.54, 1.807) is 24.3 Å². The van der Waals surface area contributed by atoms with Gasteiger partial charge in [-0.2, -0.15) is 5.10 Å². The van der Waals surface area contributed by atoms with Crippen molar-refractivity contribution in [3.05, 3.63) is 29.3 Å². The molecule has 0 bridgehead atoms. The fourth-order valence-electron chi connectivity index (χ4n) is 1.50. The molecule has 0 aromatic heterocycles. The van der Waals surface area contributed by atoms with Crippen LogP contribution in [0.1, 0.15) is 27.2 Å². The molecular formula is C13H18ClN3O. The highest BCUT2D eigenvalue weighted by atomic mass is 35.5. The van der Waals surface area contributed by atoms with Crippen molar-refractivity contribution in [3.63, 3.8) is 0 Å². The minimum absolute atomic E-state index is 0.397. The quantitative estimate of drug-likeness (QED) is 0.631. The Morgan fingerprint density at radius 3 is 2.67 bits per heavy atom. The third-order valence-corrected chi connectivity index (χ3v) is 2.50. The second kappa shape index (κ2) is 7.01. The summed E-state index contributed by atoms with van der Waals surface area (Å²) in [7, 11) is 0. The molecule has 4 nitrogen and oxygen atoms in total. The number of rotatable bonds is 4. The standard InChI is InChI=1S/C13H18ClN3O/c1-9(2)8-10(3)16-17-13(18)15-12-7-5-4-6-11(12)14/h4-7,9H,8H2,1-3H3,(H2,15,17,18)/b16-10+. The lowest BCUT2D eigenvalue weighted by Gasteiger charge is -2.07. The van der Waals surface area contributed by atoms with E-state index in [2.05, 4.69) is 29.7 Å². The maximum absolute atomic E-state index is 11.6. The second-order valence-electron chi connectivity index (χ2n) is 4.49. The Balaban J connectivity index is 2.50. The molecule has 0 saturated heterocycles. The third kappa shape index (κ3) is 5.19. The summed E-state index contributed by atoms with van der Waals surface area (Å²) >= 11 is 5.92. The molecule has 0 heterocycles. The summed E-state index contributed by atoms with van der Waals surface area (Å²) in [5.41, 5.74) is 3.89. The molecule has 98 valence electrons. The van der Waals surface area contributed by atoms with Gasteiger partial charge in [-0.15, -0.1) is 0 Å². The van der Waals surface area contributed by atoms with Crippen LogP contribution in [-0.4, -0.2) is 11.7 Å². The first-order chi connectivity index (χ1) is 8.49. The molecular weight excluding hydrogens is 250 g/mol. The molecule has 2 amide bonds. The third-order valence-electron chi connectivity index (χ3n) is 2.17. The Hall–Kier alpha value is -1.55. The number of carbonyl (C=O) groups excluding carboxylic acids is 1. The molecule has 0 fully saturated rings. The van der Waals surface area contributed by atoms with Crippen LogP contribution in [0.2, 0.25) is 5.02 Å². The van der Waals surface area contributed by atoms with Gasteiger partial charge in [-0.05, 0) is 31.4 Å². The minimum Gasteiger partial charge on any atom is -0.305 e. The number of hydrogen-bond acceptors (Lipinski definition) is 2. The van der Waals surface area contributed by atoms with Gasteiger partial charge < -0.3 is 5.32 Å². The van der Waals surface area contributed by atoms with Crippen LogP contribution in [0.4, 0.5) is 10.5 Å². The summed E-state index contributed by atoms with van der Waals surface area (Å²) in [5, 5.41) is 7.13. The number of nitrogens with one attached hydrogen (secondary N) is 2. The van der Waals surface area contributed by atoms with Crippen LogP contribution < -0.4 is 10.7 Å². The average molecular weight is 268 g/mol. The van der Waals surface area contributed by atoms with E-state index >= 15 is 0 Å². The zero-order chi connectivity index (χ0) is 13.5. The fourth-order valence-corrected chi connectivity index (χ4v) is 1.68. The Bertz CT molecular complexity index is 444. The highest BCUT2D eigenvalue weighted by molar-refractivity contribution is 6.33. The predicted octanol–water partition coefficient (Wildman–Crippen LogP) is 3.88. The minimum atomic E-state index is -0.397. The Labute approximate surface area is 112 Å². The van der Waals surface area contributed by atoms with Gasteiger partial charge in [-0.25, -0.2) is 10.2 Å². The molecule has 0 atom stereocenters. The maximum Gasteiger partial charge on any atom is 0.339 e. The van der Waals surface area contributed by atoms with Gasteiger partial charge >= 0.3 is 6.03 Å². The molecule has 0 radical (unpaired) electrons. The van der Waals surface area contributed by atoms with Gasteiger partial charge in [0.25, 0.3) is 0 Å². The summed E-state index contributed by atoms with van der Waals surface area (Å²) in [6, 6.07) is 6.65. The largest absolute Gasteiger partial charge is 0.339 e. The van der Waals surface area contributed by atoms with Crippen molar-refractivity contribution in [2.75, 3.05) is 5.32 Å². The van der Waals surface area contributed by atoms with E-state index in [1.807, 2.05) is 6.92 Å². The number of halogens is 1. The van der Waals surface area contributed by atoms with E-state index in [1.165, 1.54) is 0 Å². The number of benzene rings is 1. The summed E-state index contributed by atoms with van der Waals surface area (Å²) in [4.78, 5) is 11.6. The lowest BCUT2D eigenvalue weighted by Crippen LogP contribution is -2.25. The van der Waals surface area contributed by atoms with Crippen LogP contribution in [0, 0.1) is 5.92 Å². The highest BCUT2D eigenvalue weighted by Crippen LogP contribution is 2.19. The molecule has 1 rings (SSSR count). The van der Waals surface area contributed by atoms with Gasteiger partial charge in [0.2, 0.25) is 0 Å². The number of urea groups is 1. The maximum atomic E-state index is 11.6. The van der Waals surface area contributed by atoms with Crippen LogP contribution in [0.15, 0.2) is 29.4 Å². The molecule has 0 aliphatic carbocycles. The van der Waals surface area contributed by atoms with E-state index in [0.717, 1.165) is 12.1 Å². The van der Waals surface area contributed by atoms with Crippen molar-refractivity contribution in [2.45, 2.75) is 27.2 Å². The fraction of sp³-hybridized carbons (Fsp3) is 0.385. The van der Waals surface area contributed by atoms with Crippen molar-refractivity contribution >= 4 is 29.0 Å². The van der Waals surface area contributed by atoms with Gasteiger partial charge in [0.1, 0.15) is 0 Å². The van der Waals surface area contributed by atoms with Gasteiger partial charge in [-0.3, -0.25) is 0 Å². The number of amides is 2. The summed E-state index contributed by atoms with van der Waals surface area (Å²) < 4.78 is 0. The van der Waals surface area contributed by atoms with E-state index in [-0.39, 0.29) is 0 Å². The van der Waals surface area contributed by atoms with E-state index in [4.69, 9.17) is 11.6 Å². The van der Waals surface area contributed by atoms with Crippen molar-refractivity contribution < 1.29 is 4.79 Å². The number of hydrazone groups is 1. The van der Waals surface area contributed by atoms with Crippen LogP contribution in [-0.2, 0) is 0 Å². The van der Waals surface area contributed by atoms with Gasteiger partial charge in [0.05, 0.1) is 10.7 Å². The summed E-state index contributed by atoms with van der Waals surface area (Å²) in [5.74, 6) is 0.516. The summed E-state index contributed by atoms with van der Waals surface area (Å²) in [6.07, 6.45) is 0.854. The zero-order valence-corrected chi connectivity index (χ0v) is 11.6. The second-order valence-corrected chi connectivity index (χ2v) is 4.90. The molecule has 0 aliphatic rings. The Morgan fingerprint density at radius 1 is 1.39 bits per heavy atom. The topological polar surface area (TPSA) is 53.5 Å². The van der Waals surface area contributed by atoms with Gasteiger partial charge in [0.15, 0.2) is 0 Å². The van der Waals surface area contributed by atoms with Crippen LogP contribution >= 0.6 is 11.6 Å². The normalized spacial score (nSPS) is 11.5. The smallest absolute Gasteiger partial charge is 0.305 e. The zero-order valence-electron chi connectivity index (χ0n) is 10.8. The van der Waals surface area contributed by atoms with Crippen molar-refractivity contribution in [2.24, 2.45) is 11.0 Å². The molecule has 18 heavy (non-hydrogen) atoms. The molecule has 0 aliphatic heterocycles. The first-order valence-corrected chi connectivity index (χ1v) is 6.21. The predicted molar refractivity (Wildman–Crippen MR) is 76.2 cm³/mol. The monoisotopic (exact) mass is 267 g/mol. The van der Waals surface area contributed by atoms with Gasteiger partial charge in [-0.1, -0.05) is 37.6 Å². The van der Waals surface area contributed by atoms with E-state index < -0.39 is 6.03 Å². The number of anilines is 1. The molecule has 2 N–H and O–H groups in total. The molecule has 5 heteroatoms. The van der Waals surface area contributed by atoms with Crippen LogP contribution in [0.5, 0.6) is 0 Å². The van der Waals surface area contributed by atoms with E-state index in [0.29, 0.717) is 16.6 Å². The number of nitrogens with zero attached hydrogens (tertiary/aromatic N) is 1. The highest BCUT2D eigenvalue weighted by Gasteiger charge is 2.04. The first kappa shape index (κ1) is 14.5. The number of carbonyl (C=O) groups is 1. The van der Waals surface area contributed by atoms with Crippen LogP contribution in [0.25, 0.3) is 0 Å². The molecule has 0 unspecified atom stereocenters. The van der Waals surface area contributed by atoms with Gasteiger partial charge in [0, 0.05) is 5.71 Å². The number of para-hydroxylation sites is 1. The molecule has 1 aromatic rings. The van der Waals surface area contributed by atoms with Crippen molar-refractivity contribution in [3.8, 4) is 0 Å². The van der Waals surface area contributed by atoms with Crippen molar-refractivity contribution in [1.29, 1.82) is 0 Å². The number of hydrogen-bond donors (Lipinski definition) is 2. The molecule has 1 aromatic carbocycles. The van der Waals surface area contributed by atoms with E-state index in [9.17, 15) is 4.79 Å². The van der Waals surface area contributed by atoms with Crippen LogP contribution in [0.3, 0.4) is 0 Å². The van der Waals surface area contributed by atoms with Crippen molar-refractivity contribution in [1.82, 2.24) is 5.43 Å². The molecule has 0 saturated carbocycles. The molecule has 0 spiro atoms. The summed E-state index contributed by atoms with van der Waals surface area (Å²) in [6.45, 7) is 6.08.